The van der Waals surface area contributed by atoms with Gasteiger partial charge in [0, 0.05) is 18.0 Å². The standard InChI is InChI=1S/C20H15N3O2/c1-2-12-25-19-10-9-15-6-3-4-8-17(15)18(19)14-22-23-20(24)16-7-5-11-21-13-16/h1,3-11,13-14H,12H2,(H,23,24). The molecule has 0 aliphatic carbocycles. The van der Waals surface area contributed by atoms with Gasteiger partial charge in [-0.3, -0.25) is 9.78 Å². The van der Waals surface area contributed by atoms with Crippen LogP contribution in [0.4, 0.5) is 0 Å². The summed E-state index contributed by atoms with van der Waals surface area (Å²) in [7, 11) is 0. The molecule has 3 rings (SSSR count). The van der Waals surface area contributed by atoms with Gasteiger partial charge in [0.25, 0.3) is 5.91 Å². The first-order valence-electron chi connectivity index (χ1n) is 7.61. The van der Waals surface area contributed by atoms with Gasteiger partial charge in [0.2, 0.25) is 0 Å². The van der Waals surface area contributed by atoms with E-state index in [1.807, 2.05) is 36.4 Å². The highest BCUT2D eigenvalue weighted by Gasteiger charge is 2.08. The van der Waals surface area contributed by atoms with Crippen molar-refractivity contribution in [2.75, 3.05) is 6.61 Å². The second-order valence-corrected chi connectivity index (χ2v) is 5.13. The Hall–Kier alpha value is -3.65. The SMILES string of the molecule is C#CCOc1ccc2ccccc2c1C=NNC(=O)c1cccnc1. The molecule has 25 heavy (non-hydrogen) atoms. The van der Waals surface area contributed by atoms with E-state index in [0.29, 0.717) is 11.3 Å². The summed E-state index contributed by atoms with van der Waals surface area (Å²) in [6.07, 6.45) is 9.91. The summed E-state index contributed by atoms with van der Waals surface area (Å²) in [4.78, 5) is 15.9. The van der Waals surface area contributed by atoms with Gasteiger partial charge in [-0.05, 0) is 29.0 Å². The third kappa shape index (κ3) is 3.82. The number of carbonyl (C=O) groups excluding carboxylic acids is 1. The van der Waals surface area contributed by atoms with E-state index in [-0.39, 0.29) is 12.5 Å². The zero-order valence-corrected chi connectivity index (χ0v) is 13.3. The number of ether oxygens (including phenoxy) is 1. The number of terminal acetylenes is 1. The maximum atomic E-state index is 12.0. The highest BCUT2D eigenvalue weighted by molar-refractivity contribution is 6.03. The van der Waals surface area contributed by atoms with Crippen molar-refractivity contribution in [1.82, 2.24) is 10.4 Å². The first-order valence-corrected chi connectivity index (χ1v) is 7.61. The fourth-order valence-corrected chi connectivity index (χ4v) is 2.37. The number of aromatic nitrogens is 1. The van der Waals surface area contributed by atoms with Gasteiger partial charge in [0.1, 0.15) is 12.4 Å². The van der Waals surface area contributed by atoms with Crippen molar-refractivity contribution in [1.29, 1.82) is 0 Å². The van der Waals surface area contributed by atoms with Crippen molar-refractivity contribution in [3.8, 4) is 18.1 Å². The molecule has 0 saturated heterocycles. The number of hydrazone groups is 1. The summed E-state index contributed by atoms with van der Waals surface area (Å²) >= 11 is 0. The Morgan fingerprint density at radius 2 is 2.12 bits per heavy atom. The average Bonchev–Trinajstić information content (AvgIpc) is 2.67. The molecule has 1 heterocycles. The van der Waals surface area contributed by atoms with Gasteiger partial charge in [0.05, 0.1) is 11.8 Å². The van der Waals surface area contributed by atoms with E-state index >= 15 is 0 Å². The highest BCUT2D eigenvalue weighted by atomic mass is 16.5. The lowest BCUT2D eigenvalue weighted by Crippen LogP contribution is -2.17. The number of amides is 1. The summed E-state index contributed by atoms with van der Waals surface area (Å²) in [5.41, 5.74) is 3.67. The van der Waals surface area contributed by atoms with Crippen LogP contribution in [0.3, 0.4) is 0 Å². The molecule has 0 bridgehead atoms. The molecule has 1 aromatic heterocycles. The Labute approximate surface area is 145 Å². The van der Waals surface area contributed by atoms with E-state index in [1.165, 1.54) is 6.20 Å². The summed E-state index contributed by atoms with van der Waals surface area (Å²) in [6, 6.07) is 15.0. The molecule has 0 aliphatic heterocycles. The molecular weight excluding hydrogens is 314 g/mol. The predicted octanol–water partition coefficient (Wildman–Crippen LogP) is 3.01. The van der Waals surface area contributed by atoms with Gasteiger partial charge < -0.3 is 4.74 Å². The smallest absolute Gasteiger partial charge is 0.272 e. The number of hydrogen-bond acceptors (Lipinski definition) is 4. The van der Waals surface area contributed by atoms with Crippen LogP contribution >= 0.6 is 0 Å². The van der Waals surface area contributed by atoms with E-state index in [0.717, 1.165) is 16.3 Å². The molecule has 0 aliphatic rings. The van der Waals surface area contributed by atoms with Crippen LogP contribution in [0.15, 0.2) is 66.0 Å². The van der Waals surface area contributed by atoms with E-state index in [9.17, 15) is 4.79 Å². The molecule has 1 amide bonds. The fourth-order valence-electron chi connectivity index (χ4n) is 2.37. The predicted molar refractivity (Wildman–Crippen MR) is 97.6 cm³/mol. The van der Waals surface area contributed by atoms with Crippen LogP contribution in [-0.4, -0.2) is 23.7 Å². The molecule has 5 heteroatoms. The molecule has 5 nitrogen and oxygen atoms in total. The first kappa shape index (κ1) is 16.2. The first-order chi connectivity index (χ1) is 12.3. The molecule has 0 radical (unpaired) electrons. The molecule has 0 fully saturated rings. The highest BCUT2D eigenvalue weighted by Crippen LogP contribution is 2.26. The molecular formula is C20H15N3O2. The quantitative estimate of drug-likeness (QED) is 0.445. The minimum atomic E-state index is -0.337. The minimum absolute atomic E-state index is 0.154. The Kier molecular flexibility index (Phi) is 5.03. The van der Waals surface area contributed by atoms with Gasteiger partial charge in [-0.1, -0.05) is 36.3 Å². The molecule has 0 saturated carbocycles. The summed E-state index contributed by atoms with van der Waals surface area (Å²) in [5, 5.41) is 6.05. The van der Waals surface area contributed by atoms with Crippen molar-refractivity contribution < 1.29 is 9.53 Å². The number of fused-ring (bicyclic) bond motifs is 1. The number of rotatable bonds is 5. The Morgan fingerprint density at radius 1 is 1.24 bits per heavy atom. The molecule has 3 aromatic rings. The third-order valence-electron chi connectivity index (χ3n) is 3.53. The number of carbonyl (C=O) groups is 1. The van der Waals surface area contributed by atoms with Gasteiger partial charge in [0.15, 0.2) is 0 Å². The number of hydrogen-bond donors (Lipinski definition) is 1. The molecule has 1 N–H and O–H groups in total. The molecule has 0 spiro atoms. The van der Waals surface area contributed by atoms with Crippen molar-refractivity contribution in [2.45, 2.75) is 0 Å². The van der Waals surface area contributed by atoms with Crippen molar-refractivity contribution in [2.24, 2.45) is 5.10 Å². The number of pyridine rings is 1. The fraction of sp³-hybridized carbons (Fsp3) is 0.0500. The molecule has 2 aromatic carbocycles. The van der Waals surface area contributed by atoms with Gasteiger partial charge >= 0.3 is 0 Å². The summed E-state index contributed by atoms with van der Waals surface area (Å²) in [5.74, 6) is 2.71. The lowest BCUT2D eigenvalue weighted by Gasteiger charge is -2.09. The molecule has 0 atom stereocenters. The van der Waals surface area contributed by atoms with E-state index in [2.05, 4.69) is 21.4 Å². The van der Waals surface area contributed by atoms with Crippen LogP contribution < -0.4 is 10.2 Å². The summed E-state index contributed by atoms with van der Waals surface area (Å²) in [6.45, 7) is 0.154. The minimum Gasteiger partial charge on any atom is -0.480 e. The maximum absolute atomic E-state index is 12.0. The van der Waals surface area contributed by atoms with Gasteiger partial charge in [-0.2, -0.15) is 5.10 Å². The van der Waals surface area contributed by atoms with Crippen molar-refractivity contribution >= 4 is 22.9 Å². The number of nitrogens with one attached hydrogen (secondary N) is 1. The Morgan fingerprint density at radius 3 is 2.92 bits per heavy atom. The number of benzene rings is 2. The van der Waals surface area contributed by atoms with Crippen molar-refractivity contribution in [3.63, 3.8) is 0 Å². The van der Waals surface area contributed by atoms with E-state index in [1.54, 1.807) is 24.5 Å². The summed E-state index contributed by atoms with van der Waals surface area (Å²) < 4.78 is 5.59. The van der Waals surface area contributed by atoms with Gasteiger partial charge in [-0.25, -0.2) is 5.43 Å². The van der Waals surface area contributed by atoms with Crippen LogP contribution in [0.1, 0.15) is 15.9 Å². The topological polar surface area (TPSA) is 63.6 Å². The number of nitrogens with zero attached hydrogens (tertiary/aromatic N) is 2. The molecule has 0 unspecified atom stereocenters. The Bertz CT molecular complexity index is 960. The van der Waals surface area contributed by atoms with Gasteiger partial charge in [-0.15, -0.1) is 6.42 Å². The largest absolute Gasteiger partial charge is 0.480 e. The van der Waals surface area contributed by atoms with Crippen LogP contribution in [0.25, 0.3) is 10.8 Å². The van der Waals surface area contributed by atoms with E-state index < -0.39 is 0 Å². The van der Waals surface area contributed by atoms with Crippen LogP contribution in [0.5, 0.6) is 5.75 Å². The molecule has 122 valence electrons. The van der Waals surface area contributed by atoms with Crippen LogP contribution in [-0.2, 0) is 0 Å². The monoisotopic (exact) mass is 329 g/mol. The second kappa shape index (κ2) is 7.75. The lowest BCUT2D eigenvalue weighted by molar-refractivity contribution is 0.0954. The zero-order valence-electron chi connectivity index (χ0n) is 13.3. The second-order valence-electron chi connectivity index (χ2n) is 5.13. The normalized spacial score (nSPS) is 10.5. The Balaban J connectivity index is 1.88. The van der Waals surface area contributed by atoms with Crippen molar-refractivity contribution in [3.05, 3.63) is 72.1 Å². The van der Waals surface area contributed by atoms with E-state index in [4.69, 9.17) is 11.2 Å². The maximum Gasteiger partial charge on any atom is 0.272 e. The van der Waals surface area contributed by atoms with Crippen LogP contribution in [0, 0.1) is 12.3 Å². The average molecular weight is 329 g/mol. The third-order valence-corrected chi connectivity index (χ3v) is 3.53. The van der Waals surface area contributed by atoms with Crippen LogP contribution in [0.2, 0.25) is 0 Å². The lowest BCUT2D eigenvalue weighted by atomic mass is 10.0. The zero-order chi connectivity index (χ0) is 17.5.